The highest BCUT2D eigenvalue weighted by Crippen LogP contribution is 2.33. The van der Waals surface area contributed by atoms with E-state index in [-0.39, 0.29) is 36.5 Å². The molecule has 0 bridgehead atoms. The summed E-state index contributed by atoms with van der Waals surface area (Å²) >= 11 is 0. The monoisotopic (exact) mass is 363 g/mol. The van der Waals surface area contributed by atoms with Crippen molar-refractivity contribution in [3.63, 3.8) is 0 Å². The number of carbonyl (C=O) groups excluding carboxylic acids is 2. The molecule has 1 fully saturated rings. The van der Waals surface area contributed by atoms with Crippen molar-refractivity contribution in [1.82, 2.24) is 10.2 Å². The van der Waals surface area contributed by atoms with Crippen LogP contribution in [0.25, 0.3) is 0 Å². The maximum absolute atomic E-state index is 12.6. The molecule has 0 saturated carbocycles. The Balaban J connectivity index is 2.10. The van der Waals surface area contributed by atoms with Gasteiger partial charge in [0.1, 0.15) is 0 Å². The first-order valence-corrected chi connectivity index (χ1v) is 8.89. The van der Waals surface area contributed by atoms with Crippen molar-refractivity contribution in [2.75, 3.05) is 25.7 Å². The Morgan fingerprint density at radius 2 is 1.77 bits per heavy atom. The van der Waals surface area contributed by atoms with Crippen LogP contribution in [0.2, 0.25) is 0 Å². The third-order valence-electron chi connectivity index (χ3n) is 4.48. The van der Waals surface area contributed by atoms with Crippen LogP contribution < -0.4 is 19.7 Å². The summed E-state index contributed by atoms with van der Waals surface area (Å²) in [5, 5.41) is 2.99. The molecular formula is C19H29N3O4. The van der Waals surface area contributed by atoms with Gasteiger partial charge in [-0.05, 0) is 39.8 Å². The molecule has 1 unspecified atom stereocenters. The smallest absolute Gasteiger partial charge is 0.318 e. The van der Waals surface area contributed by atoms with E-state index in [1.165, 1.54) is 0 Å². The molecule has 7 nitrogen and oxygen atoms in total. The molecule has 0 radical (unpaired) electrons. The number of urea groups is 1. The molecule has 2 rings (SSSR count). The maximum Gasteiger partial charge on any atom is 0.318 e. The van der Waals surface area contributed by atoms with E-state index in [2.05, 4.69) is 5.32 Å². The fraction of sp³-hybridized carbons (Fsp3) is 0.579. The van der Waals surface area contributed by atoms with Gasteiger partial charge in [0.15, 0.2) is 11.5 Å². The third-order valence-corrected chi connectivity index (χ3v) is 4.48. The molecular weight excluding hydrogens is 334 g/mol. The Morgan fingerprint density at radius 1 is 1.15 bits per heavy atom. The SMILES string of the molecule is COc1ccc(N2CC(NC(=O)N(C(C)C)C(C)C)CC2=O)cc1OC. The van der Waals surface area contributed by atoms with Crippen LogP contribution in [0.5, 0.6) is 11.5 Å². The number of ether oxygens (including phenoxy) is 2. The molecule has 3 amide bonds. The minimum Gasteiger partial charge on any atom is -0.493 e. The van der Waals surface area contributed by atoms with Crippen molar-refractivity contribution in [2.45, 2.75) is 52.2 Å². The van der Waals surface area contributed by atoms with E-state index in [4.69, 9.17) is 9.47 Å². The minimum atomic E-state index is -0.219. The number of anilines is 1. The van der Waals surface area contributed by atoms with Gasteiger partial charge < -0.3 is 24.6 Å². The summed E-state index contributed by atoms with van der Waals surface area (Å²) in [6.07, 6.45) is 0.282. The van der Waals surface area contributed by atoms with E-state index in [1.807, 2.05) is 33.8 Å². The molecule has 1 aromatic rings. The zero-order valence-electron chi connectivity index (χ0n) is 16.4. The van der Waals surface area contributed by atoms with Crippen molar-refractivity contribution in [3.8, 4) is 11.5 Å². The molecule has 1 N–H and O–H groups in total. The average Bonchev–Trinajstić information content (AvgIpc) is 2.93. The molecule has 0 aromatic heterocycles. The van der Waals surface area contributed by atoms with Crippen LogP contribution in [-0.2, 0) is 4.79 Å². The van der Waals surface area contributed by atoms with E-state index < -0.39 is 0 Å². The highest BCUT2D eigenvalue weighted by atomic mass is 16.5. The largest absolute Gasteiger partial charge is 0.493 e. The Bertz CT molecular complexity index is 652. The summed E-state index contributed by atoms with van der Waals surface area (Å²) in [5.41, 5.74) is 0.731. The molecule has 26 heavy (non-hydrogen) atoms. The lowest BCUT2D eigenvalue weighted by atomic mass is 10.2. The summed E-state index contributed by atoms with van der Waals surface area (Å²) < 4.78 is 10.5. The predicted molar refractivity (Wildman–Crippen MR) is 101 cm³/mol. The van der Waals surface area contributed by atoms with Gasteiger partial charge in [0.05, 0.1) is 20.3 Å². The molecule has 1 atom stereocenters. The van der Waals surface area contributed by atoms with E-state index >= 15 is 0 Å². The fourth-order valence-corrected chi connectivity index (χ4v) is 3.36. The van der Waals surface area contributed by atoms with Gasteiger partial charge in [0.2, 0.25) is 5.91 Å². The zero-order valence-corrected chi connectivity index (χ0v) is 16.4. The number of benzene rings is 1. The summed E-state index contributed by atoms with van der Waals surface area (Å²) in [5.74, 6) is 1.15. The van der Waals surface area contributed by atoms with Gasteiger partial charge in [-0.2, -0.15) is 0 Å². The van der Waals surface area contributed by atoms with Crippen LogP contribution >= 0.6 is 0 Å². The lowest BCUT2D eigenvalue weighted by molar-refractivity contribution is -0.117. The van der Waals surface area contributed by atoms with Gasteiger partial charge in [0.25, 0.3) is 0 Å². The summed E-state index contributed by atoms with van der Waals surface area (Å²) in [6.45, 7) is 8.36. The average molecular weight is 363 g/mol. The molecule has 1 aromatic carbocycles. The lowest BCUT2D eigenvalue weighted by Gasteiger charge is -2.32. The third kappa shape index (κ3) is 4.20. The highest BCUT2D eigenvalue weighted by Gasteiger charge is 2.33. The number of amides is 3. The molecule has 1 heterocycles. The van der Waals surface area contributed by atoms with Crippen LogP contribution in [0.3, 0.4) is 0 Å². The normalized spacial score (nSPS) is 17.0. The molecule has 1 aliphatic rings. The Kier molecular flexibility index (Phi) is 6.34. The van der Waals surface area contributed by atoms with Gasteiger partial charge in [-0.15, -0.1) is 0 Å². The zero-order chi connectivity index (χ0) is 19.4. The van der Waals surface area contributed by atoms with Crippen molar-refractivity contribution in [3.05, 3.63) is 18.2 Å². The number of nitrogens with zero attached hydrogens (tertiary/aromatic N) is 2. The number of nitrogens with one attached hydrogen (secondary N) is 1. The van der Waals surface area contributed by atoms with Gasteiger partial charge in [-0.3, -0.25) is 4.79 Å². The second-order valence-electron chi connectivity index (χ2n) is 6.99. The van der Waals surface area contributed by atoms with Crippen molar-refractivity contribution in [2.24, 2.45) is 0 Å². The van der Waals surface area contributed by atoms with Gasteiger partial charge in [-0.1, -0.05) is 0 Å². The second kappa shape index (κ2) is 8.29. The van der Waals surface area contributed by atoms with E-state index in [0.29, 0.717) is 18.0 Å². The first-order chi connectivity index (χ1) is 12.3. The van der Waals surface area contributed by atoms with Crippen LogP contribution in [-0.4, -0.2) is 55.7 Å². The standard InChI is InChI=1S/C19H29N3O4/c1-12(2)22(13(3)4)19(24)20-14-9-18(23)21(11-14)15-7-8-16(25-5)17(10-15)26-6/h7-8,10,12-14H,9,11H2,1-6H3,(H,20,24). The van der Waals surface area contributed by atoms with Crippen LogP contribution in [0, 0.1) is 0 Å². The Labute approximate surface area is 155 Å². The van der Waals surface area contributed by atoms with E-state index in [1.54, 1.807) is 36.2 Å². The molecule has 0 aliphatic carbocycles. The number of carbonyl (C=O) groups is 2. The van der Waals surface area contributed by atoms with E-state index in [9.17, 15) is 9.59 Å². The summed E-state index contributed by atoms with van der Waals surface area (Å²) in [7, 11) is 3.13. The molecule has 1 aliphatic heterocycles. The number of hydrogen-bond donors (Lipinski definition) is 1. The maximum atomic E-state index is 12.6. The Hall–Kier alpha value is -2.44. The molecule has 144 valence electrons. The molecule has 1 saturated heterocycles. The predicted octanol–water partition coefficient (Wildman–Crippen LogP) is 2.64. The van der Waals surface area contributed by atoms with Crippen LogP contribution in [0.4, 0.5) is 10.5 Å². The first-order valence-electron chi connectivity index (χ1n) is 8.89. The van der Waals surface area contributed by atoms with Gasteiger partial charge in [0, 0.05) is 36.8 Å². The number of methoxy groups -OCH3 is 2. The quantitative estimate of drug-likeness (QED) is 0.843. The fourth-order valence-electron chi connectivity index (χ4n) is 3.36. The van der Waals surface area contributed by atoms with Crippen molar-refractivity contribution >= 4 is 17.6 Å². The van der Waals surface area contributed by atoms with Crippen molar-refractivity contribution in [1.29, 1.82) is 0 Å². The summed E-state index contributed by atoms with van der Waals surface area (Å²) in [4.78, 5) is 28.5. The van der Waals surface area contributed by atoms with Gasteiger partial charge in [-0.25, -0.2) is 4.79 Å². The van der Waals surface area contributed by atoms with Crippen LogP contribution in [0.15, 0.2) is 18.2 Å². The highest BCUT2D eigenvalue weighted by molar-refractivity contribution is 5.97. The molecule has 7 heteroatoms. The Morgan fingerprint density at radius 3 is 2.31 bits per heavy atom. The van der Waals surface area contributed by atoms with Crippen LogP contribution in [0.1, 0.15) is 34.1 Å². The lowest BCUT2D eigenvalue weighted by Crippen LogP contribution is -2.51. The summed E-state index contributed by atoms with van der Waals surface area (Å²) in [6, 6.07) is 5.19. The number of rotatable bonds is 6. The first kappa shape index (κ1) is 19.9. The second-order valence-corrected chi connectivity index (χ2v) is 6.99. The minimum absolute atomic E-state index is 0.0248. The van der Waals surface area contributed by atoms with Crippen molar-refractivity contribution < 1.29 is 19.1 Å². The number of hydrogen-bond acceptors (Lipinski definition) is 4. The van der Waals surface area contributed by atoms with E-state index in [0.717, 1.165) is 5.69 Å². The topological polar surface area (TPSA) is 71.1 Å². The van der Waals surface area contributed by atoms with Gasteiger partial charge >= 0.3 is 6.03 Å². The molecule has 0 spiro atoms.